The summed E-state index contributed by atoms with van der Waals surface area (Å²) in [6.45, 7) is 4.45. The van der Waals surface area contributed by atoms with Gasteiger partial charge in [-0.3, -0.25) is 4.98 Å². The first-order chi connectivity index (χ1) is 13.5. The van der Waals surface area contributed by atoms with Crippen LogP contribution >= 0.6 is 24.0 Å². The van der Waals surface area contributed by atoms with Gasteiger partial charge in [-0.15, -0.1) is 12.4 Å². The average Bonchev–Trinajstić information content (AvgIpc) is 2.69. The van der Waals surface area contributed by atoms with Crippen LogP contribution in [0, 0.1) is 5.92 Å². The number of benzene rings is 2. The molecule has 1 aromatic heterocycles. The summed E-state index contributed by atoms with van der Waals surface area (Å²) in [5.74, 6) is -0.241. The monoisotopic (exact) mass is 431 g/mol. The van der Waals surface area contributed by atoms with Crippen LogP contribution in [0.25, 0.3) is 10.9 Å². The standard InChI is InChI=1S/C22H22ClN3O2.ClH/c1-14-8-10-26(11-9-14)17-5-3-16(4-6-17)25-21-18-12-15(23)2-7-20(18)24-13-19(21)22(27)28;/h2-7,12-14H,8-11H2,1H3,(H,24,25)(H,27,28);1H. The van der Waals surface area contributed by atoms with Gasteiger partial charge in [0.15, 0.2) is 0 Å². The van der Waals surface area contributed by atoms with Crippen LogP contribution in [-0.4, -0.2) is 29.1 Å². The van der Waals surface area contributed by atoms with E-state index in [-0.39, 0.29) is 18.0 Å². The zero-order valence-corrected chi connectivity index (χ0v) is 17.6. The van der Waals surface area contributed by atoms with Crippen LogP contribution in [0.15, 0.2) is 48.7 Å². The minimum absolute atomic E-state index is 0. The minimum Gasteiger partial charge on any atom is -0.478 e. The van der Waals surface area contributed by atoms with Crippen LogP contribution in [0.2, 0.25) is 5.02 Å². The maximum Gasteiger partial charge on any atom is 0.339 e. The molecular weight excluding hydrogens is 409 g/mol. The molecule has 1 aliphatic heterocycles. The number of hydrogen-bond donors (Lipinski definition) is 2. The predicted octanol–water partition coefficient (Wildman–Crippen LogP) is 5.99. The Kier molecular flexibility index (Phi) is 6.50. The molecule has 7 heteroatoms. The lowest BCUT2D eigenvalue weighted by atomic mass is 9.99. The van der Waals surface area contributed by atoms with E-state index in [1.807, 2.05) is 12.1 Å². The molecule has 3 aromatic rings. The number of hydrogen-bond acceptors (Lipinski definition) is 4. The molecular formula is C22H23Cl2N3O2. The molecule has 0 bridgehead atoms. The van der Waals surface area contributed by atoms with Crippen molar-refractivity contribution >= 4 is 57.9 Å². The highest BCUT2D eigenvalue weighted by Gasteiger charge is 2.17. The molecule has 1 fully saturated rings. The summed E-state index contributed by atoms with van der Waals surface area (Å²) in [4.78, 5) is 18.3. The maximum absolute atomic E-state index is 11.7. The van der Waals surface area contributed by atoms with Crippen LogP contribution < -0.4 is 10.2 Å². The Hall–Kier alpha value is -2.50. The third kappa shape index (κ3) is 4.57. The van der Waals surface area contributed by atoms with Crippen molar-refractivity contribution in [2.75, 3.05) is 23.3 Å². The zero-order valence-electron chi connectivity index (χ0n) is 16.1. The van der Waals surface area contributed by atoms with Gasteiger partial charge in [0.1, 0.15) is 5.56 Å². The van der Waals surface area contributed by atoms with E-state index in [0.29, 0.717) is 21.6 Å². The van der Waals surface area contributed by atoms with E-state index in [4.69, 9.17) is 11.6 Å². The number of nitrogens with one attached hydrogen (secondary N) is 1. The van der Waals surface area contributed by atoms with Crippen molar-refractivity contribution in [2.24, 2.45) is 5.92 Å². The molecule has 0 aliphatic carbocycles. The summed E-state index contributed by atoms with van der Waals surface area (Å²) in [5.41, 5.74) is 3.32. The molecule has 0 unspecified atom stereocenters. The summed E-state index contributed by atoms with van der Waals surface area (Å²) in [6, 6.07) is 13.4. The third-order valence-corrected chi connectivity index (χ3v) is 5.58. The number of carbonyl (C=O) groups is 1. The van der Waals surface area contributed by atoms with Crippen LogP contribution in [0.5, 0.6) is 0 Å². The van der Waals surface area contributed by atoms with Gasteiger partial charge < -0.3 is 15.3 Å². The molecule has 2 aromatic carbocycles. The normalized spacial score (nSPS) is 14.5. The van der Waals surface area contributed by atoms with Crippen molar-refractivity contribution < 1.29 is 9.90 Å². The van der Waals surface area contributed by atoms with Crippen molar-refractivity contribution in [1.29, 1.82) is 0 Å². The predicted molar refractivity (Wildman–Crippen MR) is 121 cm³/mol. The van der Waals surface area contributed by atoms with E-state index in [9.17, 15) is 9.90 Å². The quantitative estimate of drug-likeness (QED) is 0.530. The van der Waals surface area contributed by atoms with E-state index in [2.05, 4.69) is 34.3 Å². The summed E-state index contributed by atoms with van der Waals surface area (Å²) in [5, 5.41) is 14.1. The highest BCUT2D eigenvalue weighted by molar-refractivity contribution is 6.31. The number of carboxylic acids is 1. The minimum atomic E-state index is -1.03. The smallest absolute Gasteiger partial charge is 0.339 e. The second-order valence-corrected chi connectivity index (χ2v) is 7.79. The molecule has 4 rings (SSSR count). The van der Waals surface area contributed by atoms with Crippen molar-refractivity contribution in [3.05, 3.63) is 59.2 Å². The maximum atomic E-state index is 11.7. The van der Waals surface area contributed by atoms with E-state index in [1.54, 1.807) is 18.2 Å². The van der Waals surface area contributed by atoms with Gasteiger partial charge in [0, 0.05) is 41.1 Å². The van der Waals surface area contributed by atoms with Crippen LogP contribution in [0.1, 0.15) is 30.1 Å². The molecule has 0 amide bonds. The Morgan fingerprint density at radius 3 is 2.52 bits per heavy atom. The topological polar surface area (TPSA) is 65.5 Å². The Bertz CT molecular complexity index is 1020. The van der Waals surface area contributed by atoms with E-state index < -0.39 is 5.97 Å². The van der Waals surface area contributed by atoms with Crippen LogP contribution in [-0.2, 0) is 0 Å². The molecule has 152 valence electrons. The van der Waals surface area contributed by atoms with Crippen molar-refractivity contribution in [1.82, 2.24) is 4.98 Å². The highest BCUT2D eigenvalue weighted by atomic mass is 35.5. The number of nitrogens with zero attached hydrogens (tertiary/aromatic N) is 2. The first-order valence-corrected chi connectivity index (χ1v) is 9.82. The molecule has 0 spiro atoms. The highest BCUT2D eigenvalue weighted by Crippen LogP contribution is 2.32. The number of anilines is 3. The lowest BCUT2D eigenvalue weighted by Gasteiger charge is -2.32. The molecule has 0 saturated carbocycles. The van der Waals surface area contributed by atoms with E-state index in [0.717, 1.165) is 24.7 Å². The molecule has 5 nitrogen and oxygen atoms in total. The number of halogens is 2. The number of rotatable bonds is 4. The summed E-state index contributed by atoms with van der Waals surface area (Å²) >= 11 is 6.13. The molecule has 0 atom stereocenters. The third-order valence-electron chi connectivity index (χ3n) is 5.35. The van der Waals surface area contributed by atoms with Gasteiger partial charge >= 0.3 is 5.97 Å². The number of piperidine rings is 1. The lowest BCUT2D eigenvalue weighted by molar-refractivity contribution is 0.0697. The molecule has 1 saturated heterocycles. The molecule has 0 radical (unpaired) electrons. The molecule has 2 N–H and O–H groups in total. The van der Waals surface area contributed by atoms with Gasteiger partial charge in [0.2, 0.25) is 0 Å². The zero-order chi connectivity index (χ0) is 19.7. The Morgan fingerprint density at radius 1 is 1.17 bits per heavy atom. The number of fused-ring (bicyclic) bond motifs is 1. The second-order valence-electron chi connectivity index (χ2n) is 7.35. The van der Waals surface area contributed by atoms with Gasteiger partial charge in [0.25, 0.3) is 0 Å². The number of pyridine rings is 1. The van der Waals surface area contributed by atoms with Crippen molar-refractivity contribution in [2.45, 2.75) is 19.8 Å². The molecule has 2 heterocycles. The fraction of sp³-hybridized carbons (Fsp3) is 0.273. The molecule has 1 aliphatic rings. The van der Waals surface area contributed by atoms with Crippen LogP contribution in [0.4, 0.5) is 17.1 Å². The van der Waals surface area contributed by atoms with Gasteiger partial charge in [0.05, 0.1) is 11.2 Å². The van der Waals surface area contributed by atoms with Gasteiger partial charge in [-0.2, -0.15) is 0 Å². The lowest BCUT2D eigenvalue weighted by Crippen LogP contribution is -2.32. The van der Waals surface area contributed by atoms with Crippen molar-refractivity contribution in [3.63, 3.8) is 0 Å². The van der Waals surface area contributed by atoms with Gasteiger partial charge in [-0.25, -0.2) is 4.79 Å². The fourth-order valence-corrected chi connectivity index (χ4v) is 3.80. The first kappa shape index (κ1) is 21.2. The Labute approximate surface area is 181 Å². The largest absolute Gasteiger partial charge is 0.478 e. The SMILES string of the molecule is CC1CCN(c2ccc(Nc3c(C(=O)O)cnc4ccc(Cl)cc34)cc2)CC1.Cl. The van der Waals surface area contributed by atoms with Crippen molar-refractivity contribution in [3.8, 4) is 0 Å². The summed E-state index contributed by atoms with van der Waals surface area (Å²) in [6.07, 6.45) is 3.81. The first-order valence-electron chi connectivity index (χ1n) is 9.45. The Balaban J connectivity index is 0.00000240. The number of aromatic nitrogens is 1. The average molecular weight is 432 g/mol. The fourth-order valence-electron chi connectivity index (χ4n) is 3.63. The molecule has 29 heavy (non-hydrogen) atoms. The van der Waals surface area contributed by atoms with E-state index in [1.165, 1.54) is 24.7 Å². The van der Waals surface area contributed by atoms with Gasteiger partial charge in [-0.1, -0.05) is 18.5 Å². The van der Waals surface area contributed by atoms with E-state index >= 15 is 0 Å². The Morgan fingerprint density at radius 2 is 1.86 bits per heavy atom. The number of aromatic carboxylic acids is 1. The van der Waals surface area contributed by atoms with Gasteiger partial charge in [-0.05, 0) is 61.2 Å². The summed E-state index contributed by atoms with van der Waals surface area (Å²) in [7, 11) is 0. The number of carboxylic acid groups (broad SMARTS) is 1. The second kappa shape index (κ2) is 8.89. The summed E-state index contributed by atoms with van der Waals surface area (Å²) < 4.78 is 0. The van der Waals surface area contributed by atoms with Crippen LogP contribution in [0.3, 0.4) is 0 Å².